The highest BCUT2D eigenvalue weighted by molar-refractivity contribution is 7.92. The molecule has 0 spiro atoms. The predicted octanol–water partition coefficient (Wildman–Crippen LogP) is 3.18. The van der Waals surface area contributed by atoms with Crippen molar-refractivity contribution < 1.29 is 8.42 Å². The summed E-state index contributed by atoms with van der Waals surface area (Å²) in [5, 5.41) is 0. The third-order valence-corrected chi connectivity index (χ3v) is 3.16. The molecule has 0 aliphatic rings. The average molecular weight is 255 g/mol. The number of rotatable bonds is 7. The van der Waals surface area contributed by atoms with Gasteiger partial charge in [-0.15, -0.1) is 0 Å². The molecule has 0 saturated heterocycles. The standard InChI is InChI=1S/C13H21NO2S/c1-3-4-5-6-8-12-9-7-10-13(11-12)14-17(2,15)16/h7,9-11,14H,3-6,8H2,1-2H3. The van der Waals surface area contributed by atoms with Crippen LogP contribution in [0.25, 0.3) is 0 Å². The summed E-state index contributed by atoms with van der Waals surface area (Å²) in [5.74, 6) is 0. The summed E-state index contributed by atoms with van der Waals surface area (Å²) in [7, 11) is -3.17. The maximum atomic E-state index is 11.1. The van der Waals surface area contributed by atoms with Crippen LogP contribution in [0.4, 0.5) is 5.69 Å². The van der Waals surface area contributed by atoms with Crippen molar-refractivity contribution in [1.82, 2.24) is 0 Å². The van der Waals surface area contributed by atoms with Crippen LogP contribution in [0.3, 0.4) is 0 Å². The van der Waals surface area contributed by atoms with Gasteiger partial charge in [0.15, 0.2) is 0 Å². The van der Waals surface area contributed by atoms with Gasteiger partial charge in [0.2, 0.25) is 10.0 Å². The fourth-order valence-electron chi connectivity index (χ4n) is 1.76. The average Bonchev–Trinajstić information content (AvgIpc) is 2.23. The highest BCUT2D eigenvalue weighted by Crippen LogP contribution is 2.14. The molecule has 0 aliphatic heterocycles. The second-order valence-electron chi connectivity index (χ2n) is 4.39. The van der Waals surface area contributed by atoms with Gasteiger partial charge in [0.1, 0.15) is 0 Å². The van der Waals surface area contributed by atoms with E-state index in [1.165, 1.54) is 31.1 Å². The van der Waals surface area contributed by atoms with Gasteiger partial charge < -0.3 is 0 Å². The van der Waals surface area contributed by atoms with Gasteiger partial charge in [-0.3, -0.25) is 4.72 Å². The van der Waals surface area contributed by atoms with Crippen molar-refractivity contribution in [2.75, 3.05) is 11.0 Å². The highest BCUT2D eigenvalue weighted by atomic mass is 32.2. The number of nitrogens with one attached hydrogen (secondary N) is 1. The first-order valence-corrected chi connectivity index (χ1v) is 7.97. The van der Waals surface area contributed by atoms with Gasteiger partial charge in [-0.2, -0.15) is 0 Å². The lowest BCUT2D eigenvalue weighted by Gasteiger charge is -2.06. The van der Waals surface area contributed by atoms with Gasteiger partial charge in [-0.05, 0) is 30.5 Å². The Labute approximate surface area is 104 Å². The van der Waals surface area contributed by atoms with E-state index in [0.717, 1.165) is 12.8 Å². The summed E-state index contributed by atoms with van der Waals surface area (Å²) in [5.41, 5.74) is 1.84. The lowest BCUT2D eigenvalue weighted by Crippen LogP contribution is -2.09. The van der Waals surface area contributed by atoms with Crippen molar-refractivity contribution in [2.24, 2.45) is 0 Å². The molecule has 1 N–H and O–H groups in total. The second kappa shape index (κ2) is 6.64. The molecular weight excluding hydrogens is 234 g/mol. The van der Waals surface area contributed by atoms with Crippen LogP contribution in [-0.4, -0.2) is 14.7 Å². The molecule has 0 saturated carbocycles. The van der Waals surface area contributed by atoms with E-state index in [-0.39, 0.29) is 0 Å². The van der Waals surface area contributed by atoms with Crippen LogP contribution in [0.15, 0.2) is 24.3 Å². The molecule has 0 atom stereocenters. The maximum absolute atomic E-state index is 11.1. The molecule has 0 heterocycles. The zero-order chi connectivity index (χ0) is 12.7. The number of hydrogen-bond acceptors (Lipinski definition) is 2. The fraction of sp³-hybridized carbons (Fsp3) is 0.538. The molecule has 0 amide bonds. The Bertz CT molecular complexity index is 440. The van der Waals surface area contributed by atoms with Crippen LogP contribution >= 0.6 is 0 Å². The first-order valence-electron chi connectivity index (χ1n) is 6.08. The lowest BCUT2D eigenvalue weighted by molar-refractivity contribution is 0.607. The monoisotopic (exact) mass is 255 g/mol. The number of anilines is 1. The molecule has 17 heavy (non-hydrogen) atoms. The maximum Gasteiger partial charge on any atom is 0.229 e. The van der Waals surface area contributed by atoms with E-state index in [1.54, 1.807) is 6.07 Å². The van der Waals surface area contributed by atoms with Crippen LogP contribution in [0.1, 0.15) is 38.2 Å². The molecule has 3 nitrogen and oxygen atoms in total. The Morgan fingerprint density at radius 1 is 1.18 bits per heavy atom. The largest absolute Gasteiger partial charge is 0.284 e. The van der Waals surface area contributed by atoms with Crippen LogP contribution in [0.2, 0.25) is 0 Å². The number of sulfonamides is 1. The highest BCUT2D eigenvalue weighted by Gasteiger charge is 2.02. The van der Waals surface area contributed by atoms with E-state index in [4.69, 9.17) is 0 Å². The van der Waals surface area contributed by atoms with Gasteiger partial charge in [0, 0.05) is 5.69 Å². The molecule has 1 rings (SSSR count). The molecule has 0 radical (unpaired) electrons. The summed E-state index contributed by atoms with van der Waals surface area (Å²) in [6.07, 6.45) is 7.08. The van der Waals surface area contributed by atoms with Gasteiger partial charge in [0.05, 0.1) is 6.26 Å². The predicted molar refractivity (Wildman–Crippen MR) is 72.8 cm³/mol. The van der Waals surface area contributed by atoms with Crippen molar-refractivity contribution in [1.29, 1.82) is 0 Å². The summed E-state index contributed by atoms with van der Waals surface area (Å²) in [6, 6.07) is 7.62. The smallest absolute Gasteiger partial charge is 0.229 e. The lowest BCUT2D eigenvalue weighted by atomic mass is 10.1. The molecule has 1 aromatic rings. The summed E-state index contributed by atoms with van der Waals surface area (Å²) >= 11 is 0. The van der Waals surface area contributed by atoms with Crippen LogP contribution in [0.5, 0.6) is 0 Å². The molecule has 0 fully saturated rings. The molecule has 0 bridgehead atoms. The molecule has 1 aromatic carbocycles. The third-order valence-electron chi connectivity index (χ3n) is 2.55. The van der Waals surface area contributed by atoms with Crippen molar-refractivity contribution in [3.63, 3.8) is 0 Å². The first-order chi connectivity index (χ1) is 8.01. The Morgan fingerprint density at radius 3 is 2.59 bits per heavy atom. The van der Waals surface area contributed by atoms with Gasteiger partial charge >= 0.3 is 0 Å². The zero-order valence-corrected chi connectivity index (χ0v) is 11.4. The van der Waals surface area contributed by atoms with E-state index >= 15 is 0 Å². The summed E-state index contributed by atoms with van der Waals surface area (Å²) in [6.45, 7) is 2.19. The SMILES string of the molecule is CCCCCCc1cccc(NS(C)(=O)=O)c1. The van der Waals surface area contributed by atoms with Crippen molar-refractivity contribution in [2.45, 2.75) is 39.0 Å². The second-order valence-corrected chi connectivity index (χ2v) is 6.13. The Kier molecular flexibility index (Phi) is 5.48. The van der Waals surface area contributed by atoms with E-state index in [9.17, 15) is 8.42 Å². The molecule has 0 aliphatic carbocycles. The van der Waals surface area contributed by atoms with E-state index in [0.29, 0.717) is 5.69 Å². The molecule has 4 heteroatoms. The minimum atomic E-state index is -3.17. The molecule has 0 aromatic heterocycles. The number of hydrogen-bond donors (Lipinski definition) is 1. The van der Waals surface area contributed by atoms with Gasteiger partial charge in [-0.1, -0.05) is 38.3 Å². The van der Waals surface area contributed by atoms with Crippen LogP contribution < -0.4 is 4.72 Å². The first kappa shape index (κ1) is 14.0. The van der Waals surface area contributed by atoms with E-state index in [2.05, 4.69) is 11.6 Å². The van der Waals surface area contributed by atoms with Crippen molar-refractivity contribution >= 4 is 15.7 Å². The summed E-state index contributed by atoms with van der Waals surface area (Å²) in [4.78, 5) is 0. The van der Waals surface area contributed by atoms with Crippen molar-refractivity contribution in [3.05, 3.63) is 29.8 Å². The summed E-state index contributed by atoms with van der Waals surface area (Å²) < 4.78 is 24.7. The third kappa shape index (κ3) is 6.31. The number of benzene rings is 1. The quantitative estimate of drug-likeness (QED) is 0.761. The normalized spacial score (nSPS) is 11.4. The fourth-order valence-corrected chi connectivity index (χ4v) is 2.32. The molecule has 96 valence electrons. The van der Waals surface area contributed by atoms with Crippen LogP contribution in [0, 0.1) is 0 Å². The Morgan fingerprint density at radius 2 is 1.94 bits per heavy atom. The Balaban J connectivity index is 2.54. The molecular formula is C13H21NO2S. The van der Waals surface area contributed by atoms with Gasteiger partial charge in [0.25, 0.3) is 0 Å². The zero-order valence-electron chi connectivity index (χ0n) is 10.6. The van der Waals surface area contributed by atoms with E-state index < -0.39 is 10.0 Å². The van der Waals surface area contributed by atoms with Crippen LogP contribution in [-0.2, 0) is 16.4 Å². The molecule has 0 unspecified atom stereocenters. The van der Waals surface area contributed by atoms with E-state index in [1.807, 2.05) is 18.2 Å². The minimum Gasteiger partial charge on any atom is -0.284 e. The number of unbranched alkanes of at least 4 members (excludes halogenated alkanes) is 3. The minimum absolute atomic E-state index is 0.653. The van der Waals surface area contributed by atoms with Crippen molar-refractivity contribution in [3.8, 4) is 0 Å². The van der Waals surface area contributed by atoms with Gasteiger partial charge in [-0.25, -0.2) is 8.42 Å². The Hall–Kier alpha value is -1.03. The topological polar surface area (TPSA) is 46.2 Å². The number of aryl methyl sites for hydroxylation is 1.